The van der Waals surface area contributed by atoms with Crippen LogP contribution >= 0.6 is 0 Å². The summed E-state index contributed by atoms with van der Waals surface area (Å²) in [5, 5.41) is 0. The Labute approximate surface area is 100.0 Å². The molecule has 0 aromatic rings. The van der Waals surface area contributed by atoms with Gasteiger partial charge in [-0.05, 0) is 49.9 Å². The van der Waals surface area contributed by atoms with Crippen molar-refractivity contribution in [1.82, 2.24) is 0 Å². The van der Waals surface area contributed by atoms with E-state index in [1.165, 1.54) is 44.9 Å². The maximum absolute atomic E-state index is 12.0. The largest absolute Gasteiger partial charge is 0.299 e. The van der Waals surface area contributed by atoms with Gasteiger partial charge in [0.15, 0.2) is 0 Å². The monoisotopic (exact) mass is 222 g/mol. The van der Waals surface area contributed by atoms with Gasteiger partial charge >= 0.3 is 0 Å². The van der Waals surface area contributed by atoms with Crippen molar-refractivity contribution in [2.24, 2.45) is 23.7 Å². The van der Waals surface area contributed by atoms with Crippen LogP contribution in [0.5, 0.6) is 0 Å². The first kappa shape index (κ1) is 12.1. The third kappa shape index (κ3) is 3.33. The molecule has 2 rings (SSSR count). The highest BCUT2D eigenvalue weighted by Gasteiger charge is 2.29. The van der Waals surface area contributed by atoms with Crippen LogP contribution in [-0.2, 0) is 4.79 Å². The smallest absolute Gasteiger partial charge is 0.135 e. The molecule has 16 heavy (non-hydrogen) atoms. The van der Waals surface area contributed by atoms with E-state index in [1.807, 2.05) is 0 Å². The summed E-state index contributed by atoms with van der Waals surface area (Å²) in [5.74, 6) is 3.61. The van der Waals surface area contributed by atoms with Gasteiger partial charge in [0.05, 0.1) is 0 Å². The second kappa shape index (κ2) is 5.33. The number of ketones is 1. The summed E-state index contributed by atoms with van der Waals surface area (Å²) in [6, 6.07) is 0. The topological polar surface area (TPSA) is 17.1 Å². The van der Waals surface area contributed by atoms with Crippen LogP contribution in [0.1, 0.15) is 65.2 Å². The predicted molar refractivity (Wildman–Crippen MR) is 67.3 cm³/mol. The quantitative estimate of drug-likeness (QED) is 0.681. The fourth-order valence-electron chi connectivity index (χ4n) is 3.06. The van der Waals surface area contributed by atoms with Gasteiger partial charge in [0.1, 0.15) is 5.78 Å². The van der Waals surface area contributed by atoms with Crippen LogP contribution in [0.15, 0.2) is 0 Å². The van der Waals surface area contributed by atoms with E-state index >= 15 is 0 Å². The molecule has 2 aliphatic carbocycles. The average molecular weight is 222 g/mol. The molecule has 1 heteroatoms. The predicted octanol–water partition coefficient (Wildman–Crippen LogP) is 4.21. The maximum atomic E-state index is 12.0. The van der Waals surface area contributed by atoms with Crippen molar-refractivity contribution in [2.45, 2.75) is 65.2 Å². The Kier molecular flexibility index (Phi) is 4.05. The summed E-state index contributed by atoms with van der Waals surface area (Å²) in [5.41, 5.74) is 0. The molecule has 0 atom stereocenters. The minimum absolute atomic E-state index is 0.425. The third-order valence-electron chi connectivity index (χ3n) is 4.67. The summed E-state index contributed by atoms with van der Waals surface area (Å²) in [6.07, 6.45) is 9.75. The molecule has 1 nitrogen and oxygen atoms in total. The first-order valence-electron chi connectivity index (χ1n) is 7.19. The van der Waals surface area contributed by atoms with Crippen LogP contribution in [0.2, 0.25) is 0 Å². The first-order valence-corrected chi connectivity index (χ1v) is 7.19. The lowest BCUT2D eigenvalue weighted by Crippen LogP contribution is -2.24. The summed E-state index contributed by atoms with van der Waals surface area (Å²) in [6.45, 7) is 4.64. The van der Waals surface area contributed by atoms with Crippen LogP contribution in [0.25, 0.3) is 0 Å². The molecule has 2 fully saturated rings. The first-order chi connectivity index (χ1) is 7.66. The van der Waals surface area contributed by atoms with Gasteiger partial charge in [-0.25, -0.2) is 0 Å². The number of rotatable bonds is 5. The Morgan fingerprint density at radius 3 is 2.19 bits per heavy atom. The summed E-state index contributed by atoms with van der Waals surface area (Å²) in [4.78, 5) is 12.0. The van der Waals surface area contributed by atoms with Crippen LogP contribution in [0.4, 0.5) is 0 Å². The number of carbonyl (C=O) groups is 1. The van der Waals surface area contributed by atoms with E-state index < -0.39 is 0 Å². The van der Waals surface area contributed by atoms with Crippen LogP contribution in [0, 0.1) is 23.7 Å². The molecule has 0 unspecified atom stereocenters. The van der Waals surface area contributed by atoms with E-state index in [9.17, 15) is 4.79 Å². The van der Waals surface area contributed by atoms with Crippen LogP contribution in [-0.4, -0.2) is 5.78 Å². The van der Waals surface area contributed by atoms with Gasteiger partial charge in [0, 0.05) is 12.3 Å². The number of Topliss-reactive ketones (excluding diaryl/α,β-unsaturated/α-hetero) is 1. The molecule has 0 spiro atoms. The zero-order valence-corrected chi connectivity index (χ0v) is 10.9. The average Bonchev–Trinajstić information content (AvgIpc) is 3.10. The second-order valence-corrected chi connectivity index (χ2v) is 6.30. The van der Waals surface area contributed by atoms with Gasteiger partial charge in [-0.1, -0.05) is 26.7 Å². The molecule has 2 saturated carbocycles. The van der Waals surface area contributed by atoms with E-state index in [0.29, 0.717) is 11.7 Å². The Morgan fingerprint density at radius 2 is 1.69 bits per heavy atom. The van der Waals surface area contributed by atoms with E-state index in [-0.39, 0.29) is 0 Å². The fourth-order valence-corrected chi connectivity index (χ4v) is 3.06. The number of carbonyl (C=O) groups excluding carboxylic acids is 1. The third-order valence-corrected chi connectivity index (χ3v) is 4.67. The van der Waals surface area contributed by atoms with E-state index in [1.54, 1.807) is 0 Å². The Morgan fingerprint density at radius 1 is 1.06 bits per heavy atom. The van der Waals surface area contributed by atoms with Gasteiger partial charge in [0.25, 0.3) is 0 Å². The SMILES string of the molecule is CC(C)C1CCC(C(=O)CCC2CC2)CC1. The van der Waals surface area contributed by atoms with Crippen molar-refractivity contribution in [2.75, 3.05) is 0 Å². The Hall–Kier alpha value is -0.330. The second-order valence-electron chi connectivity index (χ2n) is 6.30. The van der Waals surface area contributed by atoms with Gasteiger partial charge in [-0.3, -0.25) is 4.79 Å². The van der Waals surface area contributed by atoms with E-state index in [2.05, 4.69) is 13.8 Å². The van der Waals surface area contributed by atoms with Crippen molar-refractivity contribution in [1.29, 1.82) is 0 Å². The molecular weight excluding hydrogens is 196 g/mol. The van der Waals surface area contributed by atoms with Crippen molar-refractivity contribution >= 4 is 5.78 Å². The molecule has 0 N–H and O–H groups in total. The van der Waals surface area contributed by atoms with Crippen molar-refractivity contribution in [3.63, 3.8) is 0 Å². The normalized spacial score (nSPS) is 30.7. The van der Waals surface area contributed by atoms with Crippen molar-refractivity contribution in [3.05, 3.63) is 0 Å². The molecule has 0 aromatic carbocycles. The lowest BCUT2D eigenvalue weighted by atomic mass is 9.75. The summed E-state index contributed by atoms with van der Waals surface area (Å²) >= 11 is 0. The molecule has 0 aromatic heterocycles. The van der Waals surface area contributed by atoms with Crippen molar-refractivity contribution in [3.8, 4) is 0 Å². The minimum atomic E-state index is 0.425. The number of hydrogen-bond donors (Lipinski definition) is 0. The lowest BCUT2D eigenvalue weighted by Gasteiger charge is -2.30. The number of hydrogen-bond acceptors (Lipinski definition) is 1. The molecule has 92 valence electrons. The van der Waals surface area contributed by atoms with Crippen LogP contribution < -0.4 is 0 Å². The molecule has 0 radical (unpaired) electrons. The van der Waals surface area contributed by atoms with Crippen LogP contribution in [0.3, 0.4) is 0 Å². The zero-order chi connectivity index (χ0) is 11.5. The fraction of sp³-hybridized carbons (Fsp3) is 0.933. The zero-order valence-electron chi connectivity index (χ0n) is 10.9. The molecule has 0 heterocycles. The lowest BCUT2D eigenvalue weighted by molar-refractivity contribution is -0.124. The van der Waals surface area contributed by atoms with E-state index in [4.69, 9.17) is 0 Å². The Balaban J connectivity index is 1.68. The maximum Gasteiger partial charge on any atom is 0.135 e. The summed E-state index contributed by atoms with van der Waals surface area (Å²) < 4.78 is 0. The molecule has 2 aliphatic rings. The molecular formula is C15H26O. The summed E-state index contributed by atoms with van der Waals surface area (Å²) in [7, 11) is 0. The highest BCUT2D eigenvalue weighted by Crippen LogP contribution is 2.37. The van der Waals surface area contributed by atoms with Crippen molar-refractivity contribution < 1.29 is 4.79 Å². The minimum Gasteiger partial charge on any atom is -0.299 e. The van der Waals surface area contributed by atoms with Gasteiger partial charge in [-0.15, -0.1) is 0 Å². The highest BCUT2D eigenvalue weighted by atomic mass is 16.1. The standard InChI is InChI=1S/C15H26O/c1-11(2)13-6-8-14(9-7-13)15(16)10-5-12-3-4-12/h11-14H,3-10H2,1-2H3. The van der Waals surface area contributed by atoms with Gasteiger partial charge in [-0.2, -0.15) is 0 Å². The van der Waals surface area contributed by atoms with Gasteiger partial charge in [0.2, 0.25) is 0 Å². The molecule has 0 bridgehead atoms. The van der Waals surface area contributed by atoms with Gasteiger partial charge < -0.3 is 0 Å². The highest BCUT2D eigenvalue weighted by molar-refractivity contribution is 5.81. The van der Waals surface area contributed by atoms with E-state index in [0.717, 1.165) is 24.2 Å². The Bertz CT molecular complexity index is 232. The molecule has 0 saturated heterocycles. The molecule has 0 aliphatic heterocycles. The molecule has 0 amide bonds.